The lowest BCUT2D eigenvalue weighted by Crippen LogP contribution is -2.19. The van der Waals surface area contributed by atoms with Crippen molar-refractivity contribution in [1.29, 1.82) is 0 Å². The molecule has 1 aromatic heterocycles. The summed E-state index contributed by atoms with van der Waals surface area (Å²) in [4.78, 5) is 30.0. The number of nitrogens with zero attached hydrogens (tertiary/aromatic N) is 1. The molecule has 10 heteroatoms. The van der Waals surface area contributed by atoms with Gasteiger partial charge >= 0.3 is 5.97 Å². The fraction of sp³-hybridized carbons (Fsp3) is 0.148. The van der Waals surface area contributed by atoms with Crippen molar-refractivity contribution in [1.82, 2.24) is 4.98 Å². The van der Waals surface area contributed by atoms with Crippen molar-refractivity contribution in [3.8, 4) is 17.0 Å². The smallest absolute Gasteiger partial charge is 0.339 e. The van der Waals surface area contributed by atoms with E-state index >= 15 is 0 Å². The highest BCUT2D eigenvalue weighted by molar-refractivity contribution is 9.10. The van der Waals surface area contributed by atoms with E-state index in [0.717, 1.165) is 16.1 Å². The maximum Gasteiger partial charge on any atom is 0.339 e. The van der Waals surface area contributed by atoms with E-state index in [4.69, 9.17) is 9.72 Å². The molecular weight excluding hydrogens is 560 g/mol. The highest BCUT2D eigenvalue weighted by Crippen LogP contribution is 2.35. The van der Waals surface area contributed by atoms with Crippen molar-refractivity contribution < 1.29 is 27.9 Å². The maximum absolute atomic E-state index is 13.8. The molecule has 4 rings (SSSR count). The topological polar surface area (TPSA) is 123 Å². The van der Waals surface area contributed by atoms with Crippen LogP contribution in [0, 0.1) is 6.92 Å². The molecule has 3 aromatic carbocycles. The number of benzene rings is 3. The van der Waals surface area contributed by atoms with Gasteiger partial charge in [-0.05, 0) is 36.8 Å². The van der Waals surface area contributed by atoms with E-state index in [1.54, 1.807) is 19.1 Å². The number of pyridine rings is 1. The number of fused-ring (bicyclic) bond motifs is 1. The van der Waals surface area contributed by atoms with Gasteiger partial charge < -0.3 is 15.2 Å². The summed E-state index contributed by atoms with van der Waals surface area (Å²) in [6.45, 7) is 3.22. The first kappa shape index (κ1) is 26.3. The van der Waals surface area contributed by atoms with Crippen LogP contribution in [-0.2, 0) is 9.84 Å². The molecule has 4 aromatic rings. The Kier molecular flexibility index (Phi) is 7.33. The van der Waals surface area contributed by atoms with E-state index in [-0.39, 0.29) is 27.6 Å². The van der Waals surface area contributed by atoms with Crippen LogP contribution in [0.5, 0.6) is 5.75 Å². The van der Waals surface area contributed by atoms with Gasteiger partial charge in [-0.25, -0.2) is 18.2 Å². The first-order chi connectivity index (χ1) is 17.6. The molecular formula is C27H23BrN2O6S. The molecule has 0 aliphatic heterocycles. The lowest BCUT2D eigenvalue weighted by molar-refractivity contribution is 0.0693. The number of aromatic nitrogens is 1. The van der Waals surface area contributed by atoms with Gasteiger partial charge in [-0.15, -0.1) is 0 Å². The third kappa shape index (κ3) is 5.07. The Hall–Kier alpha value is -3.76. The van der Waals surface area contributed by atoms with Crippen molar-refractivity contribution in [2.24, 2.45) is 0 Å². The molecule has 0 bridgehead atoms. The largest absolute Gasteiger partial charge is 0.496 e. The number of aromatic carboxylic acids is 1. The van der Waals surface area contributed by atoms with Crippen LogP contribution >= 0.6 is 15.9 Å². The Balaban J connectivity index is 1.95. The number of rotatable bonds is 7. The van der Waals surface area contributed by atoms with Gasteiger partial charge in [0.05, 0.1) is 40.2 Å². The minimum Gasteiger partial charge on any atom is -0.496 e. The Morgan fingerprint density at radius 2 is 1.78 bits per heavy atom. The second-order valence-electron chi connectivity index (χ2n) is 8.20. The molecule has 0 fully saturated rings. The molecule has 0 radical (unpaired) electrons. The number of carbonyl (C=O) groups is 2. The van der Waals surface area contributed by atoms with E-state index in [9.17, 15) is 23.1 Å². The molecule has 0 aliphatic carbocycles. The Labute approximate surface area is 222 Å². The van der Waals surface area contributed by atoms with Crippen molar-refractivity contribution in [2.75, 3.05) is 18.2 Å². The number of nitrogens with one attached hydrogen (secondary N) is 1. The fourth-order valence-electron chi connectivity index (χ4n) is 4.09. The number of carboxylic acid groups (broad SMARTS) is 1. The summed E-state index contributed by atoms with van der Waals surface area (Å²) in [7, 11) is -2.63. The maximum atomic E-state index is 13.8. The Bertz CT molecular complexity index is 1650. The molecule has 0 atom stereocenters. The van der Waals surface area contributed by atoms with E-state index in [1.807, 2.05) is 36.4 Å². The summed E-state index contributed by atoms with van der Waals surface area (Å²) < 4.78 is 31.7. The van der Waals surface area contributed by atoms with Crippen molar-refractivity contribution in [2.45, 2.75) is 18.7 Å². The van der Waals surface area contributed by atoms with Gasteiger partial charge in [0.1, 0.15) is 11.3 Å². The third-order valence-electron chi connectivity index (χ3n) is 5.96. The SMILES string of the molecule is CCS(=O)(=O)c1cc(C(=O)O)c(OC)cc1NC(=O)c1c(C)c(-c2ccccc2)nc2ccc(Br)cc12. The highest BCUT2D eigenvalue weighted by Gasteiger charge is 2.26. The zero-order valence-electron chi connectivity index (χ0n) is 20.2. The molecule has 1 amide bonds. The molecule has 0 saturated carbocycles. The lowest BCUT2D eigenvalue weighted by atomic mass is 9.97. The van der Waals surface area contributed by atoms with Gasteiger partial charge in [-0.1, -0.05) is 53.2 Å². The molecule has 2 N–H and O–H groups in total. The predicted octanol–water partition coefficient (Wildman–Crippen LogP) is 5.73. The summed E-state index contributed by atoms with van der Waals surface area (Å²) in [6, 6.07) is 17.0. The van der Waals surface area contributed by atoms with Crippen molar-refractivity contribution >= 4 is 54.2 Å². The minimum absolute atomic E-state index is 0.0747. The average molecular weight is 583 g/mol. The fourth-order valence-corrected chi connectivity index (χ4v) is 5.51. The molecule has 1 heterocycles. The van der Waals surface area contributed by atoms with Gasteiger partial charge in [-0.3, -0.25) is 4.79 Å². The standard InChI is InChI=1S/C27H23BrN2O6S/c1-4-37(34,35)23-13-19(27(32)33)22(36-3)14-21(23)30-26(31)24-15(2)25(16-8-6-5-7-9-16)29-20-11-10-17(28)12-18(20)24/h5-14H,4H2,1-3H3,(H,30,31)(H,32,33). The number of ether oxygens (including phenoxy) is 1. The zero-order valence-corrected chi connectivity index (χ0v) is 22.6. The number of sulfone groups is 1. The summed E-state index contributed by atoms with van der Waals surface area (Å²) in [5.74, 6) is -2.29. The van der Waals surface area contributed by atoms with Crippen LogP contribution in [0.4, 0.5) is 5.69 Å². The Morgan fingerprint density at radius 1 is 1.08 bits per heavy atom. The van der Waals surface area contributed by atoms with Gasteiger partial charge in [-0.2, -0.15) is 0 Å². The molecule has 0 spiro atoms. The van der Waals surface area contributed by atoms with E-state index in [2.05, 4.69) is 21.2 Å². The van der Waals surface area contributed by atoms with Crippen molar-refractivity contribution in [3.63, 3.8) is 0 Å². The van der Waals surface area contributed by atoms with Crippen molar-refractivity contribution in [3.05, 3.63) is 81.8 Å². The Morgan fingerprint density at radius 3 is 2.41 bits per heavy atom. The van der Waals surface area contributed by atoms with Crippen LogP contribution < -0.4 is 10.1 Å². The number of methoxy groups -OCH3 is 1. The van der Waals surface area contributed by atoms with E-state index in [0.29, 0.717) is 27.7 Å². The average Bonchev–Trinajstić information content (AvgIpc) is 2.88. The molecule has 190 valence electrons. The zero-order chi connectivity index (χ0) is 26.9. The second-order valence-corrected chi connectivity index (χ2v) is 11.4. The second kappa shape index (κ2) is 10.3. The molecule has 37 heavy (non-hydrogen) atoms. The molecule has 0 aliphatic rings. The van der Waals surface area contributed by atoms with Crippen LogP contribution in [-0.4, -0.2) is 43.2 Å². The van der Waals surface area contributed by atoms with Crippen LogP contribution in [0.2, 0.25) is 0 Å². The highest BCUT2D eigenvalue weighted by atomic mass is 79.9. The summed E-state index contributed by atoms with van der Waals surface area (Å²) in [6.07, 6.45) is 0. The van der Waals surface area contributed by atoms with E-state index in [1.165, 1.54) is 20.1 Å². The normalized spacial score (nSPS) is 11.4. The number of halogens is 1. The summed E-state index contributed by atoms with van der Waals surface area (Å²) in [5, 5.41) is 12.8. The first-order valence-electron chi connectivity index (χ1n) is 11.2. The predicted molar refractivity (Wildman–Crippen MR) is 145 cm³/mol. The van der Waals surface area contributed by atoms with Gasteiger partial charge in [0.15, 0.2) is 9.84 Å². The molecule has 0 unspecified atom stereocenters. The van der Waals surface area contributed by atoms with Gasteiger partial charge in [0.25, 0.3) is 5.91 Å². The monoisotopic (exact) mass is 582 g/mol. The number of anilines is 1. The molecule has 0 saturated heterocycles. The number of carboxylic acids is 1. The van der Waals surface area contributed by atoms with Crippen LogP contribution in [0.15, 0.2) is 70.0 Å². The quantitative estimate of drug-likeness (QED) is 0.285. The number of carbonyl (C=O) groups excluding carboxylic acids is 1. The number of hydrogen-bond donors (Lipinski definition) is 2. The van der Waals surface area contributed by atoms with Crippen LogP contribution in [0.1, 0.15) is 33.2 Å². The van der Waals surface area contributed by atoms with Gasteiger partial charge in [0, 0.05) is 21.5 Å². The lowest BCUT2D eigenvalue weighted by Gasteiger charge is -2.18. The number of hydrogen-bond acceptors (Lipinski definition) is 6. The summed E-state index contributed by atoms with van der Waals surface area (Å²) >= 11 is 3.45. The van der Waals surface area contributed by atoms with Crippen LogP contribution in [0.25, 0.3) is 22.2 Å². The first-order valence-corrected chi connectivity index (χ1v) is 13.7. The summed E-state index contributed by atoms with van der Waals surface area (Å²) in [5.41, 5.74) is 2.52. The minimum atomic E-state index is -3.90. The molecule has 8 nitrogen and oxygen atoms in total. The van der Waals surface area contributed by atoms with E-state index < -0.39 is 21.7 Å². The van der Waals surface area contributed by atoms with Gasteiger partial charge in [0.2, 0.25) is 0 Å². The van der Waals surface area contributed by atoms with Crippen LogP contribution in [0.3, 0.4) is 0 Å². The number of amides is 1. The third-order valence-corrected chi connectivity index (χ3v) is 8.22.